The quantitative estimate of drug-likeness (QED) is 0.798. The fourth-order valence-corrected chi connectivity index (χ4v) is 2.69. The Kier molecular flexibility index (Phi) is 4.30. The van der Waals surface area contributed by atoms with E-state index in [1.165, 1.54) is 12.1 Å². The molecule has 0 aliphatic heterocycles. The molecule has 0 bridgehead atoms. The highest BCUT2D eigenvalue weighted by atomic mass is 35.5. The van der Waals surface area contributed by atoms with Gasteiger partial charge in [0.1, 0.15) is 11.6 Å². The zero-order valence-corrected chi connectivity index (χ0v) is 13.3. The van der Waals surface area contributed by atoms with E-state index in [2.05, 4.69) is 10.3 Å². The predicted octanol–water partition coefficient (Wildman–Crippen LogP) is 3.22. The van der Waals surface area contributed by atoms with E-state index < -0.39 is 5.82 Å². The molecule has 0 atom stereocenters. The molecule has 1 amide bonds. The van der Waals surface area contributed by atoms with Crippen LogP contribution >= 0.6 is 11.6 Å². The summed E-state index contributed by atoms with van der Waals surface area (Å²) in [6, 6.07) is 12.1. The number of hydrogen-bond donors (Lipinski definition) is 1. The third-order valence-corrected chi connectivity index (χ3v) is 4.08. The van der Waals surface area contributed by atoms with Crippen LogP contribution in [-0.4, -0.2) is 15.5 Å². The Morgan fingerprint density at radius 3 is 2.78 bits per heavy atom. The summed E-state index contributed by atoms with van der Waals surface area (Å²) in [7, 11) is 1.89. The van der Waals surface area contributed by atoms with Crippen molar-refractivity contribution in [3.05, 3.63) is 64.7 Å². The first-order chi connectivity index (χ1) is 11.1. The summed E-state index contributed by atoms with van der Waals surface area (Å²) >= 11 is 5.93. The number of amides is 1. The smallest absolute Gasteiger partial charge is 0.224 e. The minimum Gasteiger partial charge on any atom is -0.349 e. The number of rotatable bonds is 4. The van der Waals surface area contributed by atoms with Crippen molar-refractivity contribution < 1.29 is 9.18 Å². The third kappa shape index (κ3) is 3.19. The Balaban J connectivity index is 1.70. The molecule has 3 rings (SSSR count). The molecule has 0 saturated carbocycles. The number of nitrogens with zero attached hydrogens (tertiary/aromatic N) is 2. The van der Waals surface area contributed by atoms with Crippen molar-refractivity contribution >= 4 is 28.5 Å². The summed E-state index contributed by atoms with van der Waals surface area (Å²) in [5.41, 5.74) is 2.07. The maximum absolute atomic E-state index is 13.7. The Morgan fingerprint density at radius 2 is 2.04 bits per heavy atom. The maximum atomic E-state index is 13.7. The number of hydrogen-bond acceptors (Lipinski definition) is 2. The van der Waals surface area contributed by atoms with Crippen LogP contribution in [0, 0.1) is 5.82 Å². The van der Waals surface area contributed by atoms with Gasteiger partial charge in [-0.1, -0.05) is 29.8 Å². The van der Waals surface area contributed by atoms with Gasteiger partial charge in [-0.2, -0.15) is 0 Å². The second-order valence-electron chi connectivity index (χ2n) is 5.23. The van der Waals surface area contributed by atoms with E-state index in [1.807, 2.05) is 35.9 Å². The minimum atomic E-state index is -0.476. The van der Waals surface area contributed by atoms with Gasteiger partial charge in [-0.3, -0.25) is 4.79 Å². The van der Waals surface area contributed by atoms with Crippen molar-refractivity contribution in [2.24, 2.45) is 7.05 Å². The number of para-hydroxylation sites is 2. The molecule has 6 heteroatoms. The van der Waals surface area contributed by atoms with E-state index in [0.29, 0.717) is 0 Å². The summed E-state index contributed by atoms with van der Waals surface area (Å²) in [6.45, 7) is 0.274. The zero-order valence-electron chi connectivity index (χ0n) is 12.5. The van der Waals surface area contributed by atoms with Crippen LogP contribution in [-0.2, 0) is 24.8 Å². The fourth-order valence-electron chi connectivity index (χ4n) is 2.46. The normalized spacial score (nSPS) is 10.9. The Labute approximate surface area is 137 Å². The molecule has 2 aromatic carbocycles. The summed E-state index contributed by atoms with van der Waals surface area (Å²) in [5, 5.41) is 3.01. The van der Waals surface area contributed by atoms with E-state index in [4.69, 9.17) is 11.6 Å². The van der Waals surface area contributed by atoms with E-state index in [0.717, 1.165) is 16.9 Å². The number of carbonyl (C=O) groups excluding carboxylic acids is 1. The second-order valence-corrected chi connectivity index (χ2v) is 5.64. The topological polar surface area (TPSA) is 46.9 Å². The SMILES string of the molecule is Cn1c(CNC(=O)Cc2c(F)cccc2Cl)nc2ccccc21. The molecule has 0 aliphatic rings. The first-order valence-corrected chi connectivity index (χ1v) is 7.54. The van der Waals surface area contributed by atoms with Crippen LogP contribution in [0.4, 0.5) is 4.39 Å². The van der Waals surface area contributed by atoms with Gasteiger partial charge in [0.2, 0.25) is 5.91 Å². The lowest BCUT2D eigenvalue weighted by Crippen LogP contribution is -2.26. The lowest BCUT2D eigenvalue weighted by Gasteiger charge is -2.07. The molecule has 0 radical (unpaired) electrons. The lowest BCUT2D eigenvalue weighted by atomic mass is 10.1. The molecule has 0 unspecified atom stereocenters. The molecule has 0 spiro atoms. The Bertz CT molecular complexity index is 855. The number of benzene rings is 2. The molecule has 1 aromatic heterocycles. The van der Waals surface area contributed by atoms with E-state index in [9.17, 15) is 9.18 Å². The van der Waals surface area contributed by atoms with Crippen LogP contribution in [0.5, 0.6) is 0 Å². The molecule has 4 nitrogen and oxygen atoms in total. The summed E-state index contributed by atoms with van der Waals surface area (Å²) < 4.78 is 15.6. The molecule has 23 heavy (non-hydrogen) atoms. The van der Waals surface area contributed by atoms with Crippen LogP contribution in [0.25, 0.3) is 11.0 Å². The molecule has 0 aliphatic carbocycles. The first kappa shape index (κ1) is 15.5. The van der Waals surface area contributed by atoms with Crippen LogP contribution in [0.2, 0.25) is 5.02 Å². The molecular weight excluding hydrogens is 317 g/mol. The number of nitrogens with one attached hydrogen (secondary N) is 1. The highest BCUT2D eigenvalue weighted by Crippen LogP contribution is 2.19. The minimum absolute atomic E-state index is 0.102. The molecule has 1 heterocycles. The van der Waals surface area contributed by atoms with Gasteiger partial charge in [-0.05, 0) is 24.3 Å². The monoisotopic (exact) mass is 331 g/mol. The van der Waals surface area contributed by atoms with Gasteiger partial charge in [-0.25, -0.2) is 9.37 Å². The fraction of sp³-hybridized carbons (Fsp3) is 0.176. The van der Waals surface area contributed by atoms with Crippen LogP contribution < -0.4 is 5.32 Å². The summed E-state index contributed by atoms with van der Waals surface area (Å²) in [6.07, 6.45) is -0.102. The molecule has 0 fully saturated rings. The van der Waals surface area contributed by atoms with E-state index in [-0.39, 0.29) is 29.5 Å². The number of aromatic nitrogens is 2. The molecule has 118 valence electrons. The van der Waals surface area contributed by atoms with E-state index >= 15 is 0 Å². The van der Waals surface area contributed by atoms with Crippen molar-refractivity contribution in [1.29, 1.82) is 0 Å². The van der Waals surface area contributed by atoms with Crippen LogP contribution in [0.15, 0.2) is 42.5 Å². The van der Waals surface area contributed by atoms with Crippen molar-refractivity contribution in [1.82, 2.24) is 14.9 Å². The number of imidazole rings is 1. The van der Waals surface area contributed by atoms with Gasteiger partial charge in [0.05, 0.1) is 24.0 Å². The molecule has 0 saturated heterocycles. The standard InChI is InChI=1S/C17H15ClFN3O/c1-22-15-8-3-2-7-14(15)21-16(22)10-20-17(23)9-11-12(18)5-4-6-13(11)19/h2-8H,9-10H2,1H3,(H,20,23). The van der Waals surface area contributed by atoms with Gasteiger partial charge >= 0.3 is 0 Å². The van der Waals surface area contributed by atoms with Gasteiger partial charge in [0.15, 0.2) is 0 Å². The van der Waals surface area contributed by atoms with Crippen molar-refractivity contribution in [2.75, 3.05) is 0 Å². The highest BCUT2D eigenvalue weighted by molar-refractivity contribution is 6.31. The molecule has 3 aromatic rings. The molecule has 1 N–H and O–H groups in total. The largest absolute Gasteiger partial charge is 0.349 e. The third-order valence-electron chi connectivity index (χ3n) is 3.72. The van der Waals surface area contributed by atoms with Crippen molar-refractivity contribution in [3.63, 3.8) is 0 Å². The zero-order chi connectivity index (χ0) is 16.4. The van der Waals surface area contributed by atoms with Crippen LogP contribution in [0.1, 0.15) is 11.4 Å². The number of halogens is 2. The average molecular weight is 332 g/mol. The van der Waals surface area contributed by atoms with Crippen molar-refractivity contribution in [3.8, 4) is 0 Å². The van der Waals surface area contributed by atoms with Gasteiger partial charge in [0, 0.05) is 17.6 Å². The van der Waals surface area contributed by atoms with Crippen LogP contribution in [0.3, 0.4) is 0 Å². The maximum Gasteiger partial charge on any atom is 0.224 e. The summed E-state index contributed by atoms with van der Waals surface area (Å²) in [4.78, 5) is 16.5. The van der Waals surface area contributed by atoms with Crippen molar-refractivity contribution in [2.45, 2.75) is 13.0 Å². The van der Waals surface area contributed by atoms with Gasteiger partial charge in [0.25, 0.3) is 0 Å². The Hall–Kier alpha value is -2.40. The number of aryl methyl sites for hydroxylation is 1. The summed E-state index contributed by atoms with van der Waals surface area (Å²) in [5.74, 6) is -0.0429. The second kappa shape index (κ2) is 6.38. The van der Waals surface area contributed by atoms with Gasteiger partial charge < -0.3 is 9.88 Å². The average Bonchev–Trinajstić information content (AvgIpc) is 2.86. The van der Waals surface area contributed by atoms with E-state index in [1.54, 1.807) is 6.07 Å². The van der Waals surface area contributed by atoms with Gasteiger partial charge in [-0.15, -0.1) is 0 Å². The lowest BCUT2D eigenvalue weighted by molar-refractivity contribution is -0.120. The molecular formula is C17H15ClFN3O. The predicted molar refractivity (Wildman–Crippen MR) is 87.7 cm³/mol. The first-order valence-electron chi connectivity index (χ1n) is 7.16. The number of fused-ring (bicyclic) bond motifs is 1. The Morgan fingerprint density at radius 1 is 1.26 bits per heavy atom. The number of carbonyl (C=O) groups is 1. The highest BCUT2D eigenvalue weighted by Gasteiger charge is 2.13.